The molecule has 1 saturated heterocycles. The first-order valence-corrected chi connectivity index (χ1v) is 16.1. The van der Waals surface area contributed by atoms with E-state index in [2.05, 4.69) is 11.2 Å². The zero-order valence-electron chi connectivity index (χ0n) is 28.4. The smallest absolute Gasteiger partial charge is 0.416 e. The number of halogens is 6. The van der Waals surface area contributed by atoms with E-state index in [1.807, 2.05) is 11.9 Å². The summed E-state index contributed by atoms with van der Waals surface area (Å²) in [7, 11) is 1.84. The van der Waals surface area contributed by atoms with Crippen LogP contribution in [0.3, 0.4) is 0 Å². The zero-order chi connectivity index (χ0) is 37.2. The number of benzene rings is 2. The van der Waals surface area contributed by atoms with Crippen molar-refractivity contribution in [1.29, 1.82) is 0 Å². The lowest BCUT2D eigenvalue weighted by molar-refractivity contribution is -0.139. The standard InChI is InChI=1S/C37H39F6N3O4/c1-7-22-15-27(39)34(35(40)33(22)32-20(4)13-24(38)14-21(32)5)28(17-31(48)49)44-36(50)29(12-19(2)3)46-18-25(23-8-10-45(6)11-9-23)26(16-30(46)47)37(41,42)43/h1,13-16,18-19,23,28-29H,8-12,17H2,2-6H3,(H,44,50)(H,48,49)/t28-,29-/m0/s1. The Hall–Kier alpha value is -4.57. The van der Waals surface area contributed by atoms with Crippen molar-refractivity contribution in [2.75, 3.05) is 20.1 Å². The molecular formula is C37H39F6N3O4. The number of piperidine rings is 1. The second-order valence-electron chi connectivity index (χ2n) is 13.3. The summed E-state index contributed by atoms with van der Waals surface area (Å²) in [6.45, 7) is 7.43. The van der Waals surface area contributed by atoms with Gasteiger partial charge in [-0.1, -0.05) is 19.8 Å². The number of hydrogen-bond acceptors (Lipinski definition) is 4. The van der Waals surface area contributed by atoms with Crippen molar-refractivity contribution >= 4 is 11.9 Å². The van der Waals surface area contributed by atoms with Crippen LogP contribution in [0.15, 0.2) is 35.3 Å². The number of likely N-dealkylation sites (tertiary alicyclic amines) is 1. The first-order valence-electron chi connectivity index (χ1n) is 16.1. The van der Waals surface area contributed by atoms with Gasteiger partial charge in [-0.3, -0.25) is 14.4 Å². The van der Waals surface area contributed by atoms with Crippen LogP contribution in [0.1, 0.15) is 90.9 Å². The van der Waals surface area contributed by atoms with Gasteiger partial charge in [0, 0.05) is 29.0 Å². The lowest BCUT2D eigenvalue weighted by atomic mass is 9.87. The van der Waals surface area contributed by atoms with Gasteiger partial charge in [0.15, 0.2) is 0 Å². The SMILES string of the molecule is C#Cc1cc(F)c([C@H](CC(=O)O)NC(=O)[C@H](CC(C)C)n2cc(C3CCN(C)CC3)c(C(F)(F)F)cc2=O)c(F)c1-c1c(C)cc(F)cc1C. The van der Waals surface area contributed by atoms with Crippen molar-refractivity contribution < 1.29 is 41.0 Å². The molecule has 1 aliphatic rings. The Labute approximate surface area is 286 Å². The van der Waals surface area contributed by atoms with Crippen molar-refractivity contribution in [1.82, 2.24) is 14.8 Å². The summed E-state index contributed by atoms with van der Waals surface area (Å²) >= 11 is 0. The Morgan fingerprint density at radius 3 is 2.16 bits per heavy atom. The number of rotatable bonds is 10. The number of aryl methyl sites for hydroxylation is 2. The Bertz CT molecular complexity index is 1860. The summed E-state index contributed by atoms with van der Waals surface area (Å²) in [4.78, 5) is 41.4. The van der Waals surface area contributed by atoms with E-state index in [1.54, 1.807) is 13.8 Å². The normalized spacial score (nSPS) is 15.5. The second-order valence-corrected chi connectivity index (χ2v) is 13.3. The average molecular weight is 704 g/mol. The third-order valence-corrected chi connectivity index (χ3v) is 9.11. The Morgan fingerprint density at radius 1 is 1.04 bits per heavy atom. The van der Waals surface area contributed by atoms with Gasteiger partial charge < -0.3 is 19.9 Å². The predicted octanol–water partition coefficient (Wildman–Crippen LogP) is 7.28. The van der Waals surface area contributed by atoms with E-state index in [4.69, 9.17) is 6.42 Å². The highest BCUT2D eigenvalue weighted by Crippen LogP contribution is 2.40. The van der Waals surface area contributed by atoms with Gasteiger partial charge in [0.1, 0.15) is 23.5 Å². The van der Waals surface area contributed by atoms with Gasteiger partial charge in [-0.15, -0.1) is 6.42 Å². The molecule has 2 N–H and O–H groups in total. The van der Waals surface area contributed by atoms with Crippen LogP contribution < -0.4 is 10.9 Å². The second kappa shape index (κ2) is 15.1. The molecule has 1 amide bonds. The molecule has 1 aliphatic heterocycles. The minimum absolute atomic E-state index is 0.0794. The van der Waals surface area contributed by atoms with Crippen LogP contribution in [0, 0.1) is 49.6 Å². The minimum Gasteiger partial charge on any atom is -0.481 e. The van der Waals surface area contributed by atoms with Crippen LogP contribution in [-0.2, 0) is 15.8 Å². The number of nitrogens with one attached hydrogen (secondary N) is 1. The minimum atomic E-state index is -4.85. The number of aliphatic carboxylic acids is 1. The van der Waals surface area contributed by atoms with E-state index in [9.17, 15) is 37.1 Å². The van der Waals surface area contributed by atoms with Crippen LogP contribution in [-0.4, -0.2) is 46.6 Å². The van der Waals surface area contributed by atoms with Crippen molar-refractivity contribution in [2.24, 2.45) is 5.92 Å². The topological polar surface area (TPSA) is 91.6 Å². The molecule has 2 heterocycles. The van der Waals surface area contributed by atoms with Crippen LogP contribution in [0.5, 0.6) is 0 Å². The number of carbonyl (C=O) groups excluding carboxylic acids is 1. The summed E-state index contributed by atoms with van der Waals surface area (Å²) < 4.78 is 90.0. The van der Waals surface area contributed by atoms with E-state index in [0.717, 1.165) is 29.0 Å². The monoisotopic (exact) mass is 703 g/mol. The van der Waals surface area contributed by atoms with Crippen LogP contribution in [0.25, 0.3) is 11.1 Å². The highest BCUT2D eigenvalue weighted by Gasteiger charge is 2.39. The van der Waals surface area contributed by atoms with Gasteiger partial charge in [0.05, 0.1) is 18.0 Å². The fourth-order valence-electron chi connectivity index (χ4n) is 6.78. The molecule has 0 aliphatic carbocycles. The molecule has 0 saturated carbocycles. The highest BCUT2D eigenvalue weighted by atomic mass is 19.4. The number of hydrogen-bond donors (Lipinski definition) is 2. The lowest BCUT2D eigenvalue weighted by Gasteiger charge is -2.32. The van der Waals surface area contributed by atoms with Gasteiger partial charge in [-0.2, -0.15) is 13.2 Å². The molecule has 3 aromatic rings. The first-order chi connectivity index (χ1) is 23.3. The van der Waals surface area contributed by atoms with Crippen molar-refractivity contribution in [3.8, 4) is 23.5 Å². The summed E-state index contributed by atoms with van der Waals surface area (Å²) in [6.07, 6.45) is 1.45. The van der Waals surface area contributed by atoms with E-state index >= 15 is 8.78 Å². The Morgan fingerprint density at radius 2 is 1.64 bits per heavy atom. The van der Waals surface area contributed by atoms with E-state index in [0.29, 0.717) is 32.0 Å². The number of carboxylic acids is 1. The third kappa shape index (κ3) is 8.24. The Kier molecular flexibility index (Phi) is 11.6. The maximum atomic E-state index is 16.6. The number of terminal acetylenes is 1. The number of carbonyl (C=O) groups is 2. The molecule has 0 unspecified atom stereocenters. The fourth-order valence-corrected chi connectivity index (χ4v) is 6.78. The largest absolute Gasteiger partial charge is 0.481 e. The summed E-state index contributed by atoms with van der Waals surface area (Å²) in [5.74, 6) is -4.38. The zero-order valence-corrected chi connectivity index (χ0v) is 28.4. The molecule has 2 atom stereocenters. The molecule has 1 fully saturated rings. The molecule has 2 aromatic carbocycles. The van der Waals surface area contributed by atoms with Crippen molar-refractivity contribution in [3.05, 3.63) is 91.6 Å². The molecule has 7 nitrogen and oxygen atoms in total. The molecule has 13 heteroatoms. The van der Waals surface area contributed by atoms with Gasteiger partial charge in [-0.25, -0.2) is 13.2 Å². The van der Waals surface area contributed by atoms with Crippen LogP contribution in [0.4, 0.5) is 26.3 Å². The van der Waals surface area contributed by atoms with Crippen molar-refractivity contribution in [3.63, 3.8) is 0 Å². The van der Waals surface area contributed by atoms with E-state index in [1.165, 1.54) is 13.8 Å². The van der Waals surface area contributed by atoms with Crippen molar-refractivity contribution in [2.45, 2.75) is 77.6 Å². The molecule has 0 radical (unpaired) electrons. The number of carboxylic acid groups (broad SMARTS) is 1. The molecule has 268 valence electrons. The molecule has 4 rings (SSSR count). The van der Waals surface area contributed by atoms with Gasteiger partial charge >= 0.3 is 12.1 Å². The molecule has 0 bridgehead atoms. The van der Waals surface area contributed by atoms with E-state index in [-0.39, 0.29) is 45.7 Å². The van der Waals surface area contributed by atoms with Gasteiger partial charge in [0.2, 0.25) is 5.91 Å². The summed E-state index contributed by atoms with van der Waals surface area (Å²) in [5, 5.41) is 12.1. The van der Waals surface area contributed by atoms with E-state index < -0.39 is 76.6 Å². The average Bonchev–Trinajstić information content (AvgIpc) is 2.99. The fraction of sp³-hybridized carbons (Fsp3) is 0.432. The maximum absolute atomic E-state index is 16.6. The predicted molar refractivity (Wildman–Crippen MR) is 176 cm³/mol. The molecular weight excluding hydrogens is 664 g/mol. The number of nitrogens with zero attached hydrogens (tertiary/aromatic N) is 2. The van der Waals surface area contributed by atoms with Gasteiger partial charge in [0.25, 0.3) is 5.56 Å². The van der Waals surface area contributed by atoms with Crippen LogP contribution >= 0.6 is 0 Å². The maximum Gasteiger partial charge on any atom is 0.416 e. The molecule has 1 aromatic heterocycles. The third-order valence-electron chi connectivity index (χ3n) is 9.11. The number of alkyl halides is 3. The highest BCUT2D eigenvalue weighted by molar-refractivity contribution is 5.83. The lowest BCUT2D eigenvalue weighted by Crippen LogP contribution is -2.41. The molecule has 0 spiro atoms. The quantitative estimate of drug-likeness (QED) is 0.171. The number of aromatic nitrogens is 1. The summed E-state index contributed by atoms with van der Waals surface area (Å²) in [5.41, 5.74) is -3.09. The first kappa shape index (κ1) is 38.2. The molecule has 50 heavy (non-hydrogen) atoms. The Balaban J connectivity index is 1.87. The van der Waals surface area contributed by atoms with Gasteiger partial charge in [-0.05, 0) is 106 Å². The number of amides is 1. The number of pyridine rings is 1. The summed E-state index contributed by atoms with van der Waals surface area (Å²) in [6, 6.07) is 0.208. The van der Waals surface area contributed by atoms with Crippen LogP contribution in [0.2, 0.25) is 0 Å².